The second-order valence-electron chi connectivity index (χ2n) is 2.10. The van der Waals surface area contributed by atoms with Crippen LogP contribution < -0.4 is 5.19 Å². The summed E-state index contributed by atoms with van der Waals surface area (Å²) in [5.41, 5.74) is 0. The summed E-state index contributed by atoms with van der Waals surface area (Å²) in [5.74, 6) is 0. The van der Waals surface area contributed by atoms with Gasteiger partial charge in [-0.1, -0.05) is 12.1 Å². The molecule has 6 heteroatoms. The minimum atomic E-state index is -2.77. The van der Waals surface area contributed by atoms with Crippen molar-refractivity contribution in [1.29, 1.82) is 0 Å². The molecule has 12 heavy (non-hydrogen) atoms. The first-order valence-electron chi connectivity index (χ1n) is 2.94. The van der Waals surface area contributed by atoms with Crippen molar-refractivity contribution < 1.29 is 0 Å². The summed E-state index contributed by atoms with van der Waals surface area (Å²) < 4.78 is 1.73. The average molecular weight is 369 g/mol. The van der Waals surface area contributed by atoms with Gasteiger partial charge in [-0.2, -0.15) is 0 Å². The first-order chi connectivity index (χ1) is 5.43. The maximum Gasteiger partial charge on any atom is 0.374 e. The third kappa shape index (κ3) is 2.63. The number of rotatable bonds is 1. The average Bonchev–Trinajstić information content (AvgIpc) is 1.92. The highest BCUT2D eigenvalue weighted by atomic mass is 79.9. The van der Waals surface area contributed by atoms with Crippen LogP contribution >= 0.6 is 65.1 Å². The molecule has 0 bridgehead atoms. The Kier molecular flexibility index (Phi) is 3.96. The molecule has 0 unspecified atom stereocenters. The topological polar surface area (TPSA) is 0 Å². The maximum atomic E-state index is 5.85. The van der Waals surface area contributed by atoms with E-state index in [-0.39, 0.29) is 0 Å². The SMILES string of the molecule is Cl[Si](Cl)(Cl)c1cccc(Br)c1Br. The van der Waals surface area contributed by atoms with E-state index in [1.807, 2.05) is 18.2 Å². The van der Waals surface area contributed by atoms with Gasteiger partial charge in [-0.15, -0.1) is 33.2 Å². The molecule has 0 amide bonds. The fourth-order valence-corrected chi connectivity index (χ4v) is 5.54. The molecule has 0 radical (unpaired) electrons. The van der Waals surface area contributed by atoms with Gasteiger partial charge in [0.15, 0.2) is 0 Å². The predicted molar refractivity (Wildman–Crippen MR) is 64.8 cm³/mol. The van der Waals surface area contributed by atoms with Crippen molar-refractivity contribution in [1.82, 2.24) is 0 Å². The third-order valence-corrected chi connectivity index (χ3v) is 6.53. The van der Waals surface area contributed by atoms with Crippen LogP contribution in [0.3, 0.4) is 0 Å². The van der Waals surface area contributed by atoms with E-state index in [0.717, 1.165) is 14.1 Å². The summed E-state index contributed by atoms with van der Waals surface area (Å²) in [6, 6.07) is 2.78. The quantitative estimate of drug-likeness (QED) is 0.517. The van der Waals surface area contributed by atoms with E-state index in [4.69, 9.17) is 33.2 Å². The molecule has 0 N–H and O–H groups in total. The van der Waals surface area contributed by atoms with Crippen LogP contribution in [0.25, 0.3) is 0 Å². The fourth-order valence-electron chi connectivity index (χ4n) is 0.723. The van der Waals surface area contributed by atoms with Crippen LogP contribution in [0, 0.1) is 0 Å². The van der Waals surface area contributed by atoms with Gasteiger partial charge >= 0.3 is 6.00 Å². The lowest BCUT2D eigenvalue weighted by atomic mass is 10.4. The van der Waals surface area contributed by atoms with Crippen molar-refractivity contribution in [3.8, 4) is 0 Å². The minimum Gasteiger partial charge on any atom is -0.121 e. The van der Waals surface area contributed by atoms with Gasteiger partial charge in [-0.05, 0) is 37.9 Å². The molecular weight excluding hydrogens is 366 g/mol. The standard InChI is InChI=1S/C6H3Br2Cl3Si/c7-4-2-1-3-5(6(4)8)12(9,10)11/h1-3H. The highest BCUT2D eigenvalue weighted by Gasteiger charge is 2.30. The van der Waals surface area contributed by atoms with E-state index in [9.17, 15) is 0 Å². The highest BCUT2D eigenvalue weighted by Crippen LogP contribution is 2.28. The lowest BCUT2D eigenvalue weighted by molar-refractivity contribution is 1.64. The van der Waals surface area contributed by atoms with E-state index in [1.54, 1.807) is 0 Å². The molecule has 0 aliphatic heterocycles. The van der Waals surface area contributed by atoms with Crippen LogP contribution in [-0.2, 0) is 0 Å². The van der Waals surface area contributed by atoms with Crippen LogP contribution in [0.2, 0.25) is 0 Å². The molecule has 0 nitrogen and oxygen atoms in total. The fraction of sp³-hybridized carbons (Fsp3) is 0. The van der Waals surface area contributed by atoms with E-state index in [1.165, 1.54) is 0 Å². The Hall–Kier alpha value is 1.27. The van der Waals surface area contributed by atoms with Gasteiger partial charge in [-0.25, -0.2) is 0 Å². The monoisotopic (exact) mass is 366 g/mol. The van der Waals surface area contributed by atoms with Crippen LogP contribution in [-0.4, -0.2) is 6.00 Å². The van der Waals surface area contributed by atoms with Crippen molar-refractivity contribution >= 4 is 76.3 Å². The molecule has 0 aromatic heterocycles. The lowest BCUT2D eigenvalue weighted by Gasteiger charge is -2.10. The van der Waals surface area contributed by atoms with Gasteiger partial charge in [-0.3, -0.25) is 0 Å². The van der Waals surface area contributed by atoms with Crippen molar-refractivity contribution in [2.24, 2.45) is 0 Å². The number of benzene rings is 1. The number of hydrogen-bond acceptors (Lipinski definition) is 0. The van der Waals surface area contributed by atoms with Gasteiger partial charge in [0.25, 0.3) is 0 Å². The van der Waals surface area contributed by atoms with Crippen molar-refractivity contribution in [3.05, 3.63) is 27.1 Å². The number of hydrogen-bond donors (Lipinski definition) is 0. The van der Waals surface area contributed by atoms with Crippen LogP contribution in [0.1, 0.15) is 0 Å². The second-order valence-corrected chi connectivity index (χ2v) is 12.1. The third-order valence-electron chi connectivity index (χ3n) is 1.26. The van der Waals surface area contributed by atoms with Crippen LogP contribution in [0.5, 0.6) is 0 Å². The van der Waals surface area contributed by atoms with Crippen LogP contribution in [0.4, 0.5) is 0 Å². The van der Waals surface area contributed by atoms with E-state index < -0.39 is 6.00 Å². The Balaban J connectivity index is 3.26. The normalized spacial score (nSPS) is 11.8. The Labute approximate surface area is 103 Å². The smallest absolute Gasteiger partial charge is 0.121 e. The Morgan fingerprint density at radius 1 is 1.08 bits per heavy atom. The Bertz CT molecular complexity index is 297. The Morgan fingerprint density at radius 3 is 2.08 bits per heavy atom. The molecule has 0 spiro atoms. The van der Waals surface area contributed by atoms with Gasteiger partial charge in [0.1, 0.15) is 0 Å². The zero-order chi connectivity index (χ0) is 9.35. The molecular formula is C6H3Br2Cl3Si. The highest BCUT2D eigenvalue weighted by molar-refractivity contribution is 9.13. The molecule has 1 rings (SSSR count). The zero-order valence-corrected chi connectivity index (χ0v) is 12.1. The Morgan fingerprint density at radius 2 is 1.67 bits per heavy atom. The van der Waals surface area contributed by atoms with E-state index >= 15 is 0 Å². The predicted octanol–water partition coefficient (Wildman–Crippen LogP) is 4.07. The van der Waals surface area contributed by atoms with Gasteiger partial charge in [0.2, 0.25) is 0 Å². The second kappa shape index (κ2) is 4.19. The summed E-state index contributed by atoms with van der Waals surface area (Å²) in [6.45, 7) is 0. The first-order valence-corrected chi connectivity index (χ1v) is 9.56. The van der Waals surface area contributed by atoms with Gasteiger partial charge < -0.3 is 0 Å². The summed E-state index contributed by atoms with van der Waals surface area (Å²) in [7, 11) is 0. The molecule has 0 saturated carbocycles. The molecule has 0 fully saturated rings. The summed E-state index contributed by atoms with van der Waals surface area (Å²) in [6.07, 6.45) is 0. The first kappa shape index (κ1) is 11.3. The molecule has 0 aliphatic rings. The number of halogens is 5. The summed E-state index contributed by atoms with van der Waals surface area (Å²) in [5, 5.41) is 0.766. The zero-order valence-electron chi connectivity index (χ0n) is 5.62. The summed E-state index contributed by atoms with van der Waals surface area (Å²) >= 11 is 24.3. The van der Waals surface area contributed by atoms with Crippen molar-refractivity contribution in [3.63, 3.8) is 0 Å². The van der Waals surface area contributed by atoms with E-state index in [0.29, 0.717) is 0 Å². The van der Waals surface area contributed by atoms with Gasteiger partial charge in [0.05, 0.1) is 0 Å². The molecule has 0 aliphatic carbocycles. The molecule has 1 aromatic carbocycles. The lowest BCUT2D eigenvalue weighted by Crippen LogP contribution is -2.31. The molecule has 0 heterocycles. The largest absolute Gasteiger partial charge is 0.374 e. The van der Waals surface area contributed by atoms with Crippen LogP contribution in [0.15, 0.2) is 27.1 Å². The summed E-state index contributed by atoms with van der Waals surface area (Å²) in [4.78, 5) is 0. The molecule has 1 aromatic rings. The maximum absolute atomic E-state index is 5.85. The molecule has 66 valence electrons. The van der Waals surface area contributed by atoms with Gasteiger partial charge in [0, 0.05) is 14.1 Å². The van der Waals surface area contributed by atoms with E-state index in [2.05, 4.69) is 31.9 Å². The van der Waals surface area contributed by atoms with Crippen molar-refractivity contribution in [2.45, 2.75) is 0 Å². The molecule has 0 atom stereocenters. The van der Waals surface area contributed by atoms with Crippen molar-refractivity contribution in [2.75, 3.05) is 0 Å². The minimum absolute atomic E-state index is 0.766. The molecule has 0 saturated heterocycles.